The van der Waals surface area contributed by atoms with Crippen molar-refractivity contribution in [2.24, 2.45) is 23.2 Å². The monoisotopic (exact) mass is 416 g/mol. The zero-order valence-electron chi connectivity index (χ0n) is 19.7. The summed E-state index contributed by atoms with van der Waals surface area (Å²) in [6, 6.07) is 0. The average Bonchev–Trinajstić information content (AvgIpc) is 3.00. The third-order valence-corrected chi connectivity index (χ3v) is 8.45. The van der Waals surface area contributed by atoms with Gasteiger partial charge < -0.3 is 15.3 Å². The van der Waals surface area contributed by atoms with Crippen molar-refractivity contribution in [1.82, 2.24) is 0 Å². The number of fused-ring (bicyclic) bond motifs is 1. The summed E-state index contributed by atoms with van der Waals surface area (Å²) in [5.74, 6) is 2.13. The van der Waals surface area contributed by atoms with Crippen molar-refractivity contribution >= 4 is 0 Å². The highest BCUT2D eigenvalue weighted by molar-refractivity contribution is 5.37. The molecule has 3 N–H and O–H groups in total. The van der Waals surface area contributed by atoms with Crippen LogP contribution in [-0.4, -0.2) is 33.1 Å². The molecule has 0 heterocycles. The lowest BCUT2D eigenvalue weighted by molar-refractivity contribution is 0.0138. The lowest BCUT2D eigenvalue weighted by Gasteiger charge is -2.44. The van der Waals surface area contributed by atoms with Crippen LogP contribution in [0.5, 0.6) is 0 Å². The van der Waals surface area contributed by atoms with E-state index in [0.717, 1.165) is 29.9 Å². The Balaban J connectivity index is 1.69. The molecule has 3 nitrogen and oxygen atoms in total. The molecule has 0 aromatic heterocycles. The minimum atomic E-state index is -0.672. The summed E-state index contributed by atoms with van der Waals surface area (Å²) < 4.78 is 0. The largest absolute Gasteiger partial charge is 0.390 e. The van der Waals surface area contributed by atoms with Crippen LogP contribution < -0.4 is 0 Å². The number of allylic oxidation sites excluding steroid dienone is 3. The first-order valence-electron chi connectivity index (χ1n) is 12.2. The van der Waals surface area contributed by atoms with Crippen LogP contribution in [0.2, 0.25) is 0 Å². The maximum absolute atomic E-state index is 10.0. The smallest absolute Gasteiger partial charge is 0.0842 e. The normalized spacial score (nSPS) is 38.8. The van der Waals surface area contributed by atoms with Gasteiger partial charge in [0.2, 0.25) is 0 Å². The molecule has 30 heavy (non-hydrogen) atoms. The van der Waals surface area contributed by atoms with Crippen LogP contribution >= 0.6 is 0 Å². The third-order valence-electron chi connectivity index (χ3n) is 8.45. The van der Waals surface area contributed by atoms with Crippen molar-refractivity contribution in [1.29, 1.82) is 0 Å². The molecular formula is C27H44O3. The van der Waals surface area contributed by atoms with E-state index in [4.69, 9.17) is 0 Å². The Labute approximate surface area is 184 Å². The molecule has 0 amide bonds. The average molecular weight is 417 g/mol. The van der Waals surface area contributed by atoms with E-state index in [1.165, 1.54) is 38.5 Å². The molecular weight excluding hydrogens is 372 g/mol. The Morgan fingerprint density at radius 2 is 1.87 bits per heavy atom. The molecule has 3 heteroatoms. The molecule has 0 aromatic rings. The van der Waals surface area contributed by atoms with Gasteiger partial charge in [-0.1, -0.05) is 51.0 Å². The quantitative estimate of drug-likeness (QED) is 0.520. The Hall–Kier alpha value is -0.900. The first-order valence-corrected chi connectivity index (χ1v) is 12.2. The highest BCUT2D eigenvalue weighted by Crippen LogP contribution is 2.60. The van der Waals surface area contributed by atoms with Gasteiger partial charge in [-0.2, -0.15) is 0 Å². The number of rotatable bonds is 6. The van der Waals surface area contributed by atoms with Gasteiger partial charge >= 0.3 is 0 Å². The molecule has 3 aliphatic rings. The Kier molecular flexibility index (Phi) is 7.37. The summed E-state index contributed by atoms with van der Waals surface area (Å²) in [7, 11) is 0. The van der Waals surface area contributed by atoms with Crippen LogP contribution in [0.15, 0.2) is 35.5 Å². The molecule has 3 saturated carbocycles. The molecule has 3 rings (SSSR count). The fourth-order valence-electron chi connectivity index (χ4n) is 6.69. The lowest BCUT2D eigenvalue weighted by atomic mass is 9.60. The van der Waals surface area contributed by atoms with E-state index in [2.05, 4.69) is 32.6 Å². The number of aliphatic hydroxyl groups excluding tert-OH is 2. The first kappa shape index (κ1) is 23.8. The van der Waals surface area contributed by atoms with E-state index < -0.39 is 17.8 Å². The lowest BCUT2D eigenvalue weighted by Crippen LogP contribution is -2.36. The second-order valence-corrected chi connectivity index (χ2v) is 11.4. The van der Waals surface area contributed by atoms with E-state index in [-0.39, 0.29) is 0 Å². The van der Waals surface area contributed by atoms with Crippen LogP contribution in [0.1, 0.15) is 91.9 Å². The van der Waals surface area contributed by atoms with Gasteiger partial charge in [0.1, 0.15) is 0 Å². The van der Waals surface area contributed by atoms with Crippen LogP contribution in [0.4, 0.5) is 0 Å². The zero-order chi connectivity index (χ0) is 22.1. The molecule has 0 spiro atoms. The van der Waals surface area contributed by atoms with Gasteiger partial charge in [0.25, 0.3) is 0 Å². The molecule has 170 valence electrons. The number of hydrogen-bond donors (Lipinski definition) is 3. The van der Waals surface area contributed by atoms with Gasteiger partial charge in [0, 0.05) is 12.8 Å². The van der Waals surface area contributed by atoms with Crippen molar-refractivity contribution in [3.8, 4) is 0 Å². The minimum absolute atomic E-state index is 0.385. The van der Waals surface area contributed by atoms with Crippen LogP contribution in [-0.2, 0) is 0 Å². The zero-order valence-corrected chi connectivity index (χ0v) is 19.7. The second-order valence-electron chi connectivity index (χ2n) is 11.4. The number of aliphatic hydroxyl groups is 3. The summed E-state index contributed by atoms with van der Waals surface area (Å²) in [4.78, 5) is 0. The fraction of sp³-hybridized carbons (Fsp3) is 0.778. The van der Waals surface area contributed by atoms with Gasteiger partial charge in [0.15, 0.2) is 0 Å². The van der Waals surface area contributed by atoms with Crippen molar-refractivity contribution in [3.05, 3.63) is 35.5 Å². The van der Waals surface area contributed by atoms with E-state index in [0.29, 0.717) is 30.1 Å². The van der Waals surface area contributed by atoms with E-state index >= 15 is 0 Å². The Bertz CT molecular complexity index is 683. The fourth-order valence-corrected chi connectivity index (χ4v) is 6.69. The van der Waals surface area contributed by atoms with Gasteiger partial charge in [-0.25, -0.2) is 0 Å². The summed E-state index contributed by atoms with van der Waals surface area (Å²) in [6.07, 6.45) is 13.7. The molecule has 6 atom stereocenters. The predicted octanol–water partition coefficient (Wildman–Crippen LogP) is 5.70. The summed E-state index contributed by atoms with van der Waals surface area (Å²) in [5, 5.41) is 29.9. The summed E-state index contributed by atoms with van der Waals surface area (Å²) >= 11 is 0. The third kappa shape index (κ3) is 5.29. The van der Waals surface area contributed by atoms with E-state index in [9.17, 15) is 15.3 Å². The molecule has 0 radical (unpaired) electrons. The minimum Gasteiger partial charge on any atom is -0.390 e. The van der Waals surface area contributed by atoms with Gasteiger partial charge in [-0.15, -0.1) is 0 Å². The molecule has 0 aliphatic heterocycles. The number of hydrogen-bond acceptors (Lipinski definition) is 3. The van der Waals surface area contributed by atoms with Crippen LogP contribution in [0.3, 0.4) is 0 Å². The second kappa shape index (κ2) is 9.30. The van der Waals surface area contributed by atoms with Gasteiger partial charge in [-0.3, -0.25) is 0 Å². The van der Waals surface area contributed by atoms with Gasteiger partial charge in [0.05, 0.1) is 17.8 Å². The molecule has 0 aromatic carbocycles. The molecule has 1 unspecified atom stereocenters. The Morgan fingerprint density at radius 3 is 2.57 bits per heavy atom. The maximum Gasteiger partial charge on any atom is 0.0842 e. The highest BCUT2D eigenvalue weighted by Gasteiger charge is 2.50. The molecule has 3 fully saturated rings. The van der Waals surface area contributed by atoms with Crippen LogP contribution in [0, 0.1) is 23.2 Å². The van der Waals surface area contributed by atoms with Crippen molar-refractivity contribution in [3.63, 3.8) is 0 Å². The maximum atomic E-state index is 10.0. The van der Waals surface area contributed by atoms with E-state index in [1.54, 1.807) is 5.57 Å². The van der Waals surface area contributed by atoms with Gasteiger partial charge in [-0.05, 0) is 86.7 Å². The summed E-state index contributed by atoms with van der Waals surface area (Å²) in [5.41, 5.74) is 3.48. The van der Waals surface area contributed by atoms with Crippen LogP contribution in [0.25, 0.3) is 0 Å². The van der Waals surface area contributed by atoms with Crippen molar-refractivity contribution in [2.45, 2.75) is 110 Å². The van der Waals surface area contributed by atoms with E-state index in [1.807, 2.05) is 13.8 Å². The topological polar surface area (TPSA) is 60.7 Å². The summed E-state index contributed by atoms with van der Waals surface area (Å²) in [6.45, 7) is 12.9. The first-order chi connectivity index (χ1) is 14.0. The van der Waals surface area contributed by atoms with Crippen molar-refractivity contribution < 1.29 is 15.3 Å². The Morgan fingerprint density at radius 1 is 1.17 bits per heavy atom. The highest BCUT2D eigenvalue weighted by atomic mass is 16.3. The SMILES string of the molecule is C=C1C[C@H](O)[C@H](O)C/C1=C/C=C1CCC[C@@]2(C)C1CC[C@@H]2[C@H](C)CCCC(C)(C)O. The standard InChI is InChI=1S/C27H44O3/c1-18(8-6-14-26(3,4)30)22-12-13-23-20(9-7-15-27(22,23)5)10-11-21-17-25(29)24(28)16-19(21)2/h10-11,18,22-25,28-30H,2,6-9,12-17H2,1,3-5H3/b20-10?,21-11-/t18-,22-,23?,24+,25-,27-/m1/s1. The predicted molar refractivity (Wildman–Crippen MR) is 124 cm³/mol. The molecule has 3 aliphatic carbocycles. The molecule has 0 saturated heterocycles. The molecule has 0 bridgehead atoms. The van der Waals surface area contributed by atoms with Crippen molar-refractivity contribution in [2.75, 3.05) is 0 Å².